The van der Waals surface area contributed by atoms with Gasteiger partial charge in [0.25, 0.3) is 0 Å². The number of aromatic nitrogens is 3. The molecule has 0 spiro atoms. The first-order valence-electron chi connectivity index (χ1n) is 9.32. The molecule has 8 heteroatoms. The summed E-state index contributed by atoms with van der Waals surface area (Å²) < 4.78 is 7.17. The standard InChI is InChI=1S/C20H25ClN6O/c1-4-22-20(24-12-18-9-19(14(2)3)26-28-18)23-10-15-11-25-27(13-15)17-7-5-16(21)6-8-17/h5-9,11,13-14H,4,10,12H2,1-3H3,(H2,22,23,24). The molecule has 0 aliphatic rings. The van der Waals surface area contributed by atoms with Gasteiger partial charge in [0.15, 0.2) is 11.7 Å². The summed E-state index contributed by atoms with van der Waals surface area (Å²) >= 11 is 5.94. The van der Waals surface area contributed by atoms with E-state index in [9.17, 15) is 0 Å². The number of benzene rings is 1. The first-order valence-corrected chi connectivity index (χ1v) is 9.70. The average Bonchev–Trinajstić information content (AvgIpc) is 3.34. The smallest absolute Gasteiger partial charge is 0.191 e. The Balaban J connectivity index is 1.61. The molecule has 2 heterocycles. The third kappa shape index (κ3) is 5.36. The van der Waals surface area contributed by atoms with Gasteiger partial charge in [-0.2, -0.15) is 5.10 Å². The van der Waals surface area contributed by atoms with Gasteiger partial charge in [-0.1, -0.05) is 30.6 Å². The van der Waals surface area contributed by atoms with Crippen molar-refractivity contribution in [3.63, 3.8) is 0 Å². The normalized spacial score (nSPS) is 11.8. The minimum atomic E-state index is 0.344. The molecule has 7 nitrogen and oxygen atoms in total. The van der Waals surface area contributed by atoms with Crippen molar-refractivity contribution in [3.05, 3.63) is 64.8 Å². The van der Waals surface area contributed by atoms with Crippen LogP contribution in [0.15, 0.2) is 52.2 Å². The van der Waals surface area contributed by atoms with Crippen LogP contribution < -0.4 is 10.6 Å². The second kappa shape index (κ2) is 9.41. The van der Waals surface area contributed by atoms with Crippen LogP contribution in [0.4, 0.5) is 0 Å². The van der Waals surface area contributed by atoms with Crippen LogP contribution in [0, 0.1) is 0 Å². The van der Waals surface area contributed by atoms with E-state index in [4.69, 9.17) is 16.1 Å². The van der Waals surface area contributed by atoms with Crippen LogP contribution in [0.25, 0.3) is 5.69 Å². The van der Waals surface area contributed by atoms with Crippen molar-refractivity contribution in [1.29, 1.82) is 0 Å². The van der Waals surface area contributed by atoms with Gasteiger partial charge in [-0.25, -0.2) is 9.67 Å². The Hall–Kier alpha value is -2.80. The monoisotopic (exact) mass is 400 g/mol. The molecule has 148 valence electrons. The molecule has 0 aliphatic carbocycles. The van der Waals surface area contributed by atoms with Gasteiger partial charge in [-0.15, -0.1) is 0 Å². The third-order valence-electron chi connectivity index (χ3n) is 4.09. The summed E-state index contributed by atoms with van der Waals surface area (Å²) in [6.45, 7) is 8.01. The van der Waals surface area contributed by atoms with E-state index < -0.39 is 0 Å². The van der Waals surface area contributed by atoms with E-state index in [0.717, 1.165) is 29.2 Å². The molecule has 0 bridgehead atoms. The van der Waals surface area contributed by atoms with Crippen LogP contribution >= 0.6 is 11.6 Å². The van der Waals surface area contributed by atoms with Gasteiger partial charge in [0, 0.05) is 29.4 Å². The van der Waals surface area contributed by atoms with E-state index in [1.54, 1.807) is 0 Å². The quantitative estimate of drug-likeness (QED) is 0.464. The topological polar surface area (TPSA) is 80.3 Å². The van der Waals surface area contributed by atoms with Gasteiger partial charge in [0.1, 0.15) is 0 Å². The molecule has 2 N–H and O–H groups in total. The van der Waals surface area contributed by atoms with E-state index >= 15 is 0 Å². The number of guanidine groups is 1. The Morgan fingerprint density at radius 3 is 2.71 bits per heavy atom. The number of rotatable bonds is 7. The molecule has 0 radical (unpaired) electrons. The molecule has 0 fully saturated rings. The van der Waals surface area contributed by atoms with Gasteiger partial charge in [0.05, 0.1) is 30.7 Å². The van der Waals surface area contributed by atoms with Crippen molar-refractivity contribution in [2.24, 2.45) is 4.99 Å². The van der Waals surface area contributed by atoms with E-state index in [1.165, 1.54) is 0 Å². The first-order chi connectivity index (χ1) is 13.5. The highest BCUT2D eigenvalue weighted by molar-refractivity contribution is 6.30. The number of nitrogens with zero attached hydrogens (tertiary/aromatic N) is 4. The number of hydrogen-bond acceptors (Lipinski definition) is 4. The summed E-state index contributed by atoms with van der Waals surface area (Å²) in [5.74, 6) is 1.84. The maximum atomic E-state index is 5.94. The SMILES string of the molecule is CCNC(=NCc1cnn(-c2ccc(Cl)cc2)c1)NCc1cc(C(C)C)no1. The van der Waals surface area contributed by atoms with Gasteiger partial charge in [-0.05, 0) is 37.1 Å². The fraction of sp³-hybridized carbons (Fsp3) is 0.350. The maximum absolute atomic E-state index is 5.94. The number of halogens is 1. The highest BCUT2D eigenvalue weighted by atomic mass is 35.5. The molecular formula is C20H25ClN6O. The van der Waals surface area contributed by atoms with Crippen molar-refractivity contribution in [2.75, 3.05) is 6.54 Å². The van der Waals surface area contributed by atoms with Crippen molar-refractivity contribution >= 4 is 17.6 Å². The third-order valence-corrected chi connectivity index (χ3v) is 4.34. The second-order valence-electron chi connectivity index (χ2n) is 6.69. The molecule has 3 rings (SSSR count). The Labute approximate surface area is 169 Å². The number of aliphatic imine (C=N–C) groups is 1. The Bertz CT molecular complexity index is 913. The zero-order valence-electron chi connectivity index (χ0n) is 16.3. The Morgan fingerprint density at radius 1 is 1.25 bits per heavy atom. The Kier molecular flexibility index (Phi) is 6.71. The predicted octanol–water partition coefficient (Wildman–Crippen LogP) is 3.89. The molecule has 3 aromatic rings. The zero-order valence-corrected chi connectivity index (χ0v) is 17.1. The molecule has 0 unspecified atom stereocenters. The molecule has 28 heavy (non-hydrogen) atoms. The van der Waals surface area contributed by atoms with Gasteiger partial charge < -0.3 is 15.2 Å². The minimum absolute atomic E-state index is 0.344. The summed E-state index contributed by atoms with van der Waals surface area (Å²) in [6.07, 6.45) is 3.77. The lowest BCUT2D eigenvalue weighted by Gasteiger charge is -2.09. The summed E-state index contributed by atoms with van der Waals surface area (Å²) in [7, 11) is 0. The lowest BCUT2D eigenvalue weighted by Crippen LogP contribution is -2.36. The minimum Gasteiger partial charge on any atom is -0.359 e. The van der Waals surface area contributed by atoms with E-state index in [2.05, 4.69) is 39.7 Å². The van der Waals surface area contributed by atoms with Crippen LogP contribution in [0.5, 0.6) is 0 Å². The molecule has 0 aliphatic heterocycles. The van der Waals surface area contributed by atoms with E-state index in [1.807, 2.05) is 54.3 Å². The van der Waals surface area contributed by atoms with Crippen LogP contribution in [0.2, 0.25) is 5.02 Å². The van der Waals surface area contributed by atoms with Gasteiger partial charge in [-0.3, -0.25) is 0 Å². The molecule has 0 amide bonds. The van der Waals surface area contributed by atoms with Crippen molar-refractivity contribution in [3.8, 4) is 5.69 Å². The van der Waals surface area contributed by atoms with Crippen molar-refractivity contribution in [1.82, 2.24) is 25.6 Å². The van der Waals surface area contributed by atoms with Crippen LogP contribution in [0.3, 0.4) is 0 Å². The van der Waals surface area contributed by atoms with E-state index in [0.29, 0.717) is 30.0 Å². The molecule has 2 aromatic heterocycles. The van der Waals surface area contributed by atoms with Crippen LogP contribution in [-0.4, -0.2) is 27.4 Å². The molecular weight excluding hydrogens is 376 g/mol. The lowest BCUT2D eigenvalue weighted by atomic mass is 10.1. The molecule has 1 aromatic carbocycles. The maximum Gasteiger partial charge on any atom is 0.191 e. The number of hydrogen-bond donors (Lipinski definition) is 2. The lowest BCUT2D eigenvalue weighted by molar-refractivity contribution is 0.372. The van der Waals surface area contributed by atoms with Gasteiger partial charge >= 0.3 is 0 Å². The molecule has 0 atom stereocenters. The summed E-state index contributed by atoms with van der Waals surface area (Å²) in [5, 5.41) is 15.7. The van der Waals surface area contributed by atoms with E-state index in [-0.39, 0.29) is 0 Å². The first kappa shape index (κ1) is 19.9. The summed E-state index contributed by atoms with van der Waals surface area (Å²) in [5.41, 5.74) is 2.92. The predicted molar refractivity (Wildman–Crippen MR) is 111 cm³/mol. The summed E-state index contributed by atoms with van der Waals surface area (Å²) in [4.78, 5) is 4.62. The highest BCUT2D eigenvalue weighted by Crippen LogP contribution is 2.14. The summed E-state index contributed by atoms with van der Waals surface area (Å²) in [6, 6.07) is 9.51. The van der Waals surface area contributed by atoms with Crippen molar-refractivity contribution < 1.29 is 4.52 Å². The van der Waals surface area contributed by atoms with Crippen molar-refractivity contribution in [2.45, 2.75) is 39.8 Å². The molecule has 0 saturated heterocycles. The average molecular weight is 401 g/mol. The fourth-order valence-electron chi connectivity index (χ4n) is 2.54. The number of nitrogens with one attached hydrogen (secondary N) is 2. The second-order valence-corrected chi connectivity index (χ2v) is 7.13. The van der Waals surface area contributed by atoms with Crippen LogP contribution in [0.1, 0.15) is 43.7 Å². The highest BCUT2D eigenvalue weighted by Gasteiger charge is 2.08. The zero-order chi connectivity index (χ0) is 19.9. The van der Waals surface area contributed by atoms with Crippen LogP contribution in [-0.2, 0) is 13.1 Å². The largest absolute Gasteiger partial charge is 0.359 e. The fourth-order valence-corrected chi connectivity index (χ4v) is 2.67. The van der Waals surface area contributed by atoms with Gasteiger partial charge in [0.2, 0.25) is 0 Å². The molecule has 0 saturated carbocycles. The Morgan fingerprint density at radius 2 is 2.04 bits per heavy atom.